The molecular weight excluding hydrogens is 365 g/mol. The maximum absolute atomic E-state index is 13.1. The molecule has 21 heavy (non-hydrogen) atoms. The van der Waals surface area contributed by atoms with E-state index in [1.54, 1.807) is 0 Å². The van der Waals surface area contributed by atoms with E-state index in [0.29, 0.717) is 25.9 Å². The van der Waals surface area contributed by atoms with E-state index in [1.807, 2.05) is 0 Å². The van der Waals surface area contributed by atoms with E-state index >= 15 is 0 Å². The Kier molecular flexibility index (Phi) is 5.73. The molecule has 1 aromatic carbocycles. The van der Waals surface area contributed by atoms with E-state index in [-0.39, 0.29) is 28.7 Å². The van der Waals surface area contributed by atoms with Gasteiger partial charge in [0.25, 0.3) is 0 Å². The highest BCUT2D eigenvalue weighted by molar-refractivity contribution is 9.10. The molecule has 1 fully saturated rings. The van der Waals surface area contributed by atoms with Gasteiger partial charge in [0.1, 0.15) is 5.82 Å². The first-order valence-corrected chi connectivity index (χ1v) is 8.86. The number of piperidine rings is 1. The van der Waals surface area contributed by atoms with Crippen molar-refractivity contribution in [3.05, 3.63) is 28.5 Å². The highest BCUT2D eigenvalue weighted by Crippen LogP contribution is 2.28. The number of aliphatic hydroxyl groups is 1. The summed E-state index contributed by atoms with van der Waals surface area (Å²) in [7, 11) is -3.64. The van der Waals surface area contributed by atoms with Gasteiger partial charge in [0, 0.05) is 17.6 Å². The fourth-order valence-electron chi connectivity index (χ4n) is 2.28. The standard InChI is InChI=1S/C13H17BrFNO4S/c14-12-9-10(15)1-2-13(12)21(18,19)16-5-3-11(4-6-16)20-8-7-17/h1-2,9,11,17H,3-8H2. The zero-order chi connectivity index (χ0) is 15.5. The lowest BCUT2D eigenvalue weighted by Gasteiger charge is -2.31. The zero-order valence-corrected chi connectivity index (χ0v) is 13.7. The van der Waals surface area contributed by atoms with Crippen LogP contribution in [0.3, 0.4) is 0 Å². The maximum Gasteiger partial charge on any atom is 0.244 e. The summed E-state index contributed by atoms with van der Waals surface area (Å²) in [5, 5.41) is 8.71. The fourth-order valence-corrected chi connectivity index (χ4v) is 4.76. The SMILES string of the molecule is O=S(=O)(c1ccc(F)cc1Br)N1CCC(OCCO)CC1. The van der Waals surface area contributed by atoms with E-state index in [9.17, 15) is 12.8 Å². The predicted molar refractivity (Wildman–Crippen MR) is 78.9 cm³/mol. The zero-order valence-electron chi connectivity index (χ0n) is 11.3. The van der Waals surface area contributed by atoms with Crippen molar-refractivity contribution in [2.24, 2.45) is 0 Å². The Hall–Kier alpha value is -0.540. The van der Waals surface area contributed by atoms with Gasteiger partial charge < -0.3 is 9.84 Å². The van der Waals surface area contributed by atoms with E-state index in [0.717, 1.165) is 12.1 Å². The third kappa shape index (κ3) is 4.01. The molecule has 1 aliphatic heterocycles. The van der Waals surface area contributed by atoms with Crippen LogP contribution in [0.5, 0.6) is 0 Å². The van der Waals surface area contributed by atoms with Crippen LogP contribution in [-0.4, -0.2) is 50.2 Å². The van der Waals surface area contributed by atoms with E-state index < -0.39 is 15.8 Å². The predicted octanol–water partition coefficient (Wildman–Crippen LogP) is 1.75. The van der Waals surface area contributed by atoms with Crippen LogP contribution in [0.15, 0.2) is 27.6 Å². The molecule has 118 valence electrons. The van der Waals surface area contributed by atoms with Gasteiger partial charge in [0.05, 0.1) is 24.2 Å². The molecule has 1 aromatic rings. The molecule has 1 heterocycles. The van der Waals surface area contributed by atoms with Crippen LogP contribution >= 0.6 is 15.9 Å². The van der Waals surface area contributed by atoms with Crippen molar-refractivity contribution in [3.8, 4) is 0 Å². The molecule has 5 nitrogen and oxygen atoms in total. The van der Waals surface area contributed by atoms with Gasteiger partial charge in [-0.2, -0.15) is 4.31 Å². The summed E-state index contributed by atoms with van der Waals surface area (Å²) in [5.74, 6) is -0.489. The summed E-state index contributed by atoms with van der Waals surface area (Å²) < 4.78 is 45.1. The summed E-state index contributed by atoms with van der Waals surface area (Å²) in [4.78, 5) is 0.0682. The van der Waals surface area contributed by atoms with Crippen molar-refractivity contribution in [2.75, 3.05) is 26.3 Å². The van der Waals surface area contributed by atoms with Gasteiger partial charge in [-0.15, -0.1) is 0 Å². The monoisotopic (exact) mass is 381 g/mol. The highest BCUT2D eigenvalue weighted by Gasteiger charge is 2.31. The molecule has 0 aliphatic carbocycles. The van der Waals surface area contributed by atoms with Gasteiger partial charge in [-0.1, -0.05) is 0 Å². The summed E-state index contributed by atoms with van der Waals surface area (Å²) in [6.07, 6.45) is 1.14. The van der Waals surface area contributed by atoms with Crippen LogP contribution in [0.4, 0.5) is 4.39 Å². The Morgan fingerprint density at radius 3 is 2.62 bits per heavy atom. The highest BCUT2D eigenvalue weighted by atomic mass is 79.9. The average Bonchev–Trinajstić information content (AvgIpc) is 2.45. The molecule has 0 radical (unpaired) electrons. The van der Waals surface area contributed by atoms with Crippen LogP contribution in [0.2, 0.25) is 0 Å². The number of aliphatic hydroxyl groups excluding tert-OH is 1. The fraction of sp³-hybridized carbons (Fsp3) is 0.538. The largest absolute Gasteiger partial charge is 0.394 e. The van der Waals surface area contributed by atoms with Crippen molar-refractivity contribution < 1.29 is 22.7 Å². The summed E-state index contributed by atoms with van der Waals surface area (Å²) in [6, 6.07) is 3.54. The Morgan fingerprint density at radius 1 is 1.38 bits per heavy atom. The second kappa shape index (κ2) is 7.15. The lowest BCUT2D eigenvalue weighted by atomic mass is 10.1. The number of halogens is 2. The molecule has 1 aliphatic rings. The van der Waals surface area contributed by atoms with Crippen molar-refractivity contribution in [1.29, 1.82) is 0 Å². The van der Waals surface area contributed by atoms with Crippen LogP contribution < -0.4 is 0 Å². The third-order valence-electron chi connectivity index (χ3n) is 3.36. The van der Waals surface area contributed by atoms with Gasteiger partial charge in [-0.05, 0) is 47.0 Å². The van der Waals surface area contributed by atoms with Crippen LogP contribution in [-0.2, 0) is 14.8 Å². The molecule has 0 amide bonds. The summed E-state index contributed by atoms with van der Waals surface area (Å²) in [5.41, 5.74) is 0. The van der Waals surface area contributed by atoms with Crippen molar-refractivity contribution in [1.82, 2.24) is 4.31 Å². The smallest absolute Gasteiger partial charge is 0.244 e. The molecule has 0 aromatic heterocycles. The van der Waals surface area contributed by atoms with Crippen molar-refractivity contribution in [3.63, 3.8) is 0 Å². The van der Waals surface area contributed by atoms with Gasteiger partial charge in [-0.25, -0.2) is 12.8 Å². The second-order valence-corrected chi connectivity index (χ2v) is 7.53. The van der Waals surface area contributed by atoms with E-state index in [1.165, 1.54) is 10.4 Å². The summed E-state index contributed by atoms with van der Waals surface area (Å²) in [6.45, 7) is 0.923. The Balaban J connectivity index is 2.08. The Morgan fingerprint density at radius 2 is 2.05 bits per heavy atom. The molecule has 8 heteroatoms. The first kappa shape index (κ1) is 16.8. The minimum absolute atomic E-state index is 0.0275. The topological polar surface area (TPSA) is 66.8 Å². The number of hydrogen-bond acceptors (Lipinski definition) is 4. The van der Waals surface area contributed by atoms with E-state index in [4.69, 9.17) is 9.84 Å². The van der Waals surface area contributed by atoms with Crippen LogP contribution in [0.1, 0.15) is 12.8 Å². The number of hydrogen-bond donors (Lipinski definition) is 1. The van der Waals surface area contributed by atoms with Gasteiger partial charge in [0.15, 0.2) is 0 Å². The Labute approximate surface area is 131 Å². The number of sulfonamides is 1. The lowest BCUT2D eigenvalue weighted by molar-refractivity contribution is 0.00318. The normalized spacial score (nSPS) is 18.0. The van der Waals surface area contributed by atoms with Crippen molar-refractivity contribution in [2.45, 2.75) is 23.8 Å². The van der Waals surface area contributed by atoms with Gasteiger partial charge in [0.2, 0.25) is 10.0 Å². The quantitative estimate of drug-likeness (QED) is 0.843. The molecule has 0 saturated carbocycles. The van der Waals surface area contributed by atoms with Crippen LogP contribution in [0.25, 0.3) is 0 Å². The number of benzene rings is 1. The van der Waals surface area contributed by atoms with E-state index in [2.05, 4.69) is 15.9 Å². The second-order valence-electron chi connectivity index (χ2n) is 4.77. The molecule has 0 unspecified atom stereocenters. The number of rotatable bonds is 5. The lowest BCUT2D eigenvalue weighted by Crippen LogP contribution is -2.41. The summed E-state index contributed by atoms with van der Waals surface area (Å²) >= 11 is 3.10. The maximum atomic E-state index is 13.1. The van der Waals surface area contributed by atoms with Crippen molar-refractivity contribution >= 4 is 26.0 Å². The minimum atomic E-state index is -3.64. The molecule has 0 atom stereocenters. The first-order chi connectivity index (χ1) is 9.95. The molecule has 0 spiro atoms. The molecule has 1 N–H and O–H groups in total. The minimum Gasteiger partial charge on any atom is -0.394 e. The molecule has 0 bridgehead atoms. The average molecular weight is 382 g/mol. The van der Waals surface area contributed by atoms with Crippen LogP contribution in [0, 0.1) is 5.82 Å². The number of ether oxygens (including phenoxy) is 1. The number of nitrogens with zero attached hydrogens (tertiary/aromatic N) is 1. The van der Waals surface area contributed by atoms with Gasteiger partial charge in [-0.3, -0.25) is 0 Å². The van der Waals surface area contributed by atoms with Gasteiger partial charge >= 0.3 is 0 Å². The third-order valence-corrected chi connectivity index (χ3v) is 6.23. The molecular formula is C13H17BrFNO4S. The molecule has 1 saturated heterocycles. The first-order valence-electron chi connectivity index (χ1n) is 6.63. The molecule has 2 rings (SSSR count). The Bertz CT molecular complexity index is 588.